The monoisotopic (exact) mass is 265 g/mol. The van der Waals surface area contributed by atoms with E-state index in [0.29, 0.717) is 6.61 Å². The standard InChI is InChI=1S/C8H17O.O.Sn/c1-2-3-4-5-6-7-8-9;;/h9H,1-8H2;;. The molecular weight excluding hydrogens is 247 g/mol. The summed E-state index contributed by atoms with van der Waals surface area (Å²) in [5.41, 5.74) is 0. The van der Waals surface area contributed by atoms with Crippen molar-refractivity contribution in [2.75, 3.05) is 6.61 Å². The quantitative estimate of drug-likeness (QED) is 0.536. The predicted molar refractivity (Wildman–Crippen MR) is 46.0 cm³/mol. The SMILES string of the molecule is [O]=[Sn][CH2]CCCCCCCO. The number of hydrogen-bond donors (Lipinski definition) is 1. The van der Waals surface area contributed by atoms with E-state index >= 15 is 0 Å². The first kappa shape index (κ1) is 11.6. The van der Waals surface area contributed by atoms with E-state index in [1.54, 1.807) is 0 Å². The van der Waals surface area contributed by atoms with Crippen LogP contribution >= 0.6 is 0 Å². The Hall–Kier alpha value is 0.559. The van der Waals surface area contributed by atoms with Gasteiger partial charge in [-0.2, -0.15) is 0 Å². The molecule has 0 rings (SSSR count). The molecule has 0 aromatic carbocycles. The van der Waals surface area contributed by atoms with Crippen molar-refractivity contribution in [3.8, 4) is 0 Å². The fourth-order valence-electron chi connectivity index (χ4n) is 1.02. The Balaban J connectivity index is 2.74. The van der Waals surface area contributed by atoms with Crippen LogP contribution in [0.5, 0.6) is 0 Å². The van der Waals surface area contributed by atoms with Crippen molar-refractivity contribution in [2.24, 2.45) is 0 Å². The van der Waals surface area contributed by atoms with Crippen molar-refractivity contribution in [2.45, 2.75) is 43.0 Å². The van der Waals surface area contributed by atoms with E-state index in [-0.39, 0.29) is 0 Å². The van der Waals surface area contributed by atoms with Crippen molar-refractivity contribution >= 4 is 21.1 Å². The maximum atomic E-state index is 10.2. The van der Waals surface area contributed by atoms with Crippen LogP contribution in [0.15, 0.2) is 0 Å². The second-order valence-corrected chi connectivity index (χ2v) is 4.99. The van der Waals surface area contributed by atoms with Crippen LogP contribution in [0.1, 0.15) is 38.5 Å². The average Bonchev–Trinajstić information content (AvgIpc) is 2.03. The van der Waals surface area contributed by atoms with Gasteiger partial charge in [0.15, 0.2) is 0 Å². The van der Waals surface area contributed by atoms with Gasteiger partial charge in [0.05, 0.1) is 0 Å². The molecule has 0 unspecified atom stereocenters. The van der Waals surface area contributed by atoms with Crippen LogP contribution in [0.25, 0.3) is 0 Å². The summed E-state index contributed by atoms with van der Waals surface area (Å²) in [5, 5.41) is 8.47. The fraction of sp³-hybridized carbons (Fsp3) is 1.00. The summed E-state index contributed by atoms with van der Waals surface area (Å²) in [4.78, 5) is 0. The van der Waals surface area contributed by atoms with Gasteiger partial charge in [0, 0.05) is 0 Å². The van der Waals surface area contributed by atoms with E-state index in [9.17, 15) is 3.08 Å². The van der Waals surface area contributed by atoms with E-state index in [2.05, 4.69) is 0 Å². The van der Waals surface area contributed by atoms with E-state index < -0.39 is 21.1 Å². The Bertz CT molecular complexity index is 86.2. The molecule has 0 aliphatic rings. The van der Waals surface area contributed by atoms with Gasteiger partial charge in [-0.1, -0.05) is 0 Å². The van der Waals surface area contributed by atoms with Crippen LogP contribution in [0, 0.1) is 0 Å². The number of unbranched alkanes of at least 4 members (excludes halogenated alkanes) is 5. The first-order valence-corrected chi connectivity index (χ1v) is 7.56. The Morgan fingerprint density at radius 2 is 1.45 bits per heavy atom. The Morgan fingerprint density at radius 3 is 2.00 bits per heavy atom. The third-order valence-electron chi connectivity index (χ3n) is 1.69. The number of aliphatic hydroxyl groups is 1. The first-order valence-electron chi connectivity index (χ1n) is 4.37. The molecule has 11 heavy (non-hydrogen) atoms. The molecule has 2 nitrogen and oxygen atoms in total. The minimum atomic E-state index is -1.14. The first-order chi connectivity index (χ1) is 5.41. The van der Waals surface area contributed by atoms with E-state index in [0.717, 1.165) is 23.7 Å². The van der Waals surface area contributed by atoms with Gasteiger partial charge in [0.25, 0.3) is 0 Å². The molecule has 65 valence electrons. The molecule has 0 amide bonds. The van der Waals surface area contributed by atoms with Gasteiger partial charge in [-0.15, -0.1) is 0 Å². The van der Waals surface area contributed by atoms with Crippen molar-refractivity contribution < 1.29 is 8.18 Å². The van der Waals surface area contributed by atoms with Gasteiger partial charge in [0.2, 0.25) is 0 Å². The molecule has 0 saturated carbocycles. The number of aliphatic hydroxyl groups excluding tert-OH is 1. The fourth-order valence-corrected chi connectivity index (χ4v) is 2.14. The van der Waals surface area contributed by atoms with E-state index in [1.807, 2.05) is 0 Å². The summed E-state index contributed by atoms with van der Waals surface area (Å²) in [6.45, 7) is 0.328. The molecule has 0 bridgehead atoms. The van der Waals surface area contributed by atoms with Crippen molar-refractivity contribution in [3.63, 3.8) is 0 Å². The zero-order chi connectivity index (χ0) is 8.36. The molecule has 1 N–H and O–H groups in total. The van der Waals surface area contributed by atoms with Crippen LogP contribution in [0.4, 0.5) is 0 Å². The number of hydrogen-bond acceptors (Lipinski definition) is 2. The molecule has 0 aliphatic heterocycles. The van der Waals surface area contributed by atoms with Gasteiger partial charge >= 0.3 is 78.9 Å². The molecular formula is C8H17O2Sn. The molecule has 0 saturated heterocycles. The summed E-state index contributed by atoms with van der Waals surface area (Å²) in [5.74, 6) is 0. The zero-order valence-electron chi connectivity index (χ0n) is 7.01. The van der Waals surface area contributed by atoms with Crippen LogP contribution in [-0.4, -0.2) is 32.8 Å². The van der Waals surface area contributed by atoms with Gasteiger partial charge in [-0.3, -0.25) is 0 Å². The Labute approximate surface area is 79.0 Å². The molecule has 0 spiro atoms. The molecule has 0 atom stereocenters. The second-order valence-electron chi connectivity index (χ2n) is 2.74. The van der Waals surface area contributed by atoms with Crippen LogP contribution in [0.3, 0.4) is 0 Å². The van der Waals surface area contributed by atoms with Gasteiger partial charge in [-0.05, 0) is 0 Å². The third kappa shape index (κ3) is 10.6. The maximum absolute atomic E-state index is 10.2. The van der Waals surface area contributed by atoms with Crippen LogP contribution in [-0.2, 0) is 3.08 Å². The molecule has 3 heteroatoms. The van der Waals surface area contributed by atoms with Gasteiger partial charge in [-0.25, -0.2) is 0 Å². The molecule has 0 fully saturated rings. The summed E-state index contributed by atoms with van der Waals surface area (Å²) < 4.78 is 11.2. The molecule has 0 aromatic rings. The van der Waals surface area contributed by atoms with Crippen molar-refractivity contribution in [1.29, 1.82) is 0 Å². The van der Waals surface area contributed by atoms with Crippen LogP contribution < -0.4 is 0 Å². The molecule has 0 heterocycles. The minimum absolute atomic E-state index is 0.328. The van der Waals surface area contributed by atoms with Crippen molar-refractivity contribution in [1.82, 2.24) is 0 Å². The van der Waals surface area contributed by atoms with E-state index in [4.69, 9.17) is 5.11 Å². The van der Waals surface area contributed by atoms with E-state index in [1.165, 1.54) is 19.3 Å². The van der Waals surface area contributed by atoms with Gasteiger partial charge < -0.3 is 0 Å². The van der Waals surface area contributed by atoms with Crippen molar-refractivity contribution in [3.05, 3.63) is 0 Å². The average molecular weight is 264 g/mol. The van der Waals surface area contributed by atoms with Crippen LogP contribution in [0.2, 0.25) is 4.44 Å². The Morgan fingerprint density at radius 1 is 0.909 bits per heavy atom. The summed E-state index contributed by atoms with van der Waals surface area (Å²) in [6.07, 6.45) is 6.96. The normalized spacial score (nSPS) is 9.91. The Kier molecular flexibility index (Phi) is 11.1. The predicted octanol–water partition coefficient (Wildman–Crippen LogP) is 1.79. The topological polar surface area (TPSA) is 37.3 Å². The molecule has 1 radical (unpaired) electrons. The van der Waals surface area contributed by atoms with Gasteiger partial charge in [0.1, 0.15) is 0 Å². The second kappa shape index (κ2) is 10.6. The zero-order valence-corrected chi connectivity index (χ0v) is 9.87. The molecule has 0 aliphatic carbocycles. The summed E-state index contributed by atoms with van der Waals surface area (Å²) >= 11 is -1.14. The summed E-state index contributed by atoms with van der Waals surface area (Å²) in [7, 11) is 0. The number of rotatable bonds is 8. The molecule has 0 aromatic heterocycles. The third-order valence-corrected chi connectivity index (χ3v) is 3.28. The summed E-state index contributed by atoms with van der Waals surface area (Å²) in [6, 6.07) is 0.